The monoisotopic (exact) mass is 286 g/mol. The molecule has 0 aromatic heterocycles. The van der Waals surface area contributed by atoms with Gasteiger partial charge in [0.25, 0.3) is 0 Å². The minimum atomic E-state index is -0.424. The van der Waals surface area contributed by atoms with Crippen LogP contribution < -0.4 is 10.5 Å². The molecule has 2 aromatic carbocycles. The highest BCUT2D eigenvalue weighted by Gasteiger charge is 2.20. The maximum Gasteiger partial charge on any atom is 0.314 e. The van der Waals surface area contributed by atoms with Crippen LogP contribution in [-0.2, 0) is 0 Å². The summed E-state index contributed by atoms with van der Waals surface area (Å²) in [6.07, 6.45) is 0.760. The Kier molecular flexibility index (Phi) is 4.55. The van der Waals surface area contributed by atoms with Gasteiger partial charge in [-0.1, -0.05) is 37.3 Å². The first kappa shape index (κ1) is 15.0. The van der Waals surface area contributed by atoms with Crippen LogP contribution in [-0.4, -0.2) is 4.92 Å². The molecule has 21 heavy (non-hydrogen) atoms. The Morgan fingerprint density at radius 2 is 1.86 bits per heavy atom. The fourth-order valence-electron chi connectivity index (χ4n) is 2.17. The van der Waals surface area contributed by atoms with E-state index in [2.05, 4.69) is 0 Å². The van der Waals surface area contributed by atoms with E-state index in [4.69, 9.17) is 10.5 Å². The molecule has 110 valence electrons. The van der Waals surface area contributed by atoms with Crippen LogP contribution in [0.3, 0.4) is 0 Å². The number of rotatable bonds is 5. The molecule has 0 saturated heterocycles. The molecule has 0 radical (unpaired) electrons. The van der Waals surface area contributed by atoms with Crippen molar-refractivity contribution in [3.8, 4) is 11.5 Å². The Morgan fingerprint density at radius 1 is 1.19 bits per heavy atom. The van der Waals surface area contributed by atoms with Crippen molar-refractivity contribution in [1.82, 2.24) is 0 Å². The second-order valence-electron chi connectivity index (χ2n) is 4.83. The Hall–Kier alpha value is -2.40. The number of nitrogens with two attached hydrogens (primary N) is 1. The van der Waals surface area contributed by atoms with E-state index in [1.807, 2.05) is 25.1 Å². The summed E-state index contributed by atoms with van der Waals surface area (Å²) in [7, 11) is 0. The standard InChI is InChI=1S/C16H18N2O3/c1-3-13(17)12-8-4-5-9-14(12)21-15-10-6-7-11(2)16(15)18(19)20/h4-10,13H,3,17H2,1-2H3. The number of nitro benzene ring substituents is 1. The highest BCUT2D eigenvalue weighted by molar-refractivity contribution is 5.54. The van der Waals surface area contributed by atoms with Gasteiger partial charge in [-0.2, -0.15) is 0 Å². The fourth-order valence-corrected chi connectivity index (χ4v) is 2.17. The van der Waals surface area contributed by atoms with Crippen molar-refractivity contribution in [2.45, 2.75) is 26.3 Å². The van der Waals surface area contributed by atoms with Crippen molar-refractivity contribution in [2.24, 2.45) is 5.73 Å². The Labute approximate surface area is 123 Å². The Morgan fingerprint density at radius 3 is 2.52 bits per heavy atom. The first-order chi connectivity index (χ1) is 10.0. The average Bonchev–Trinajstić information content (AvgIpc) is 2.46. The quantitative estimate of drug-likeness (QED) is 0.662. The van der Waals surface area contributed by atoms with Crippen molar-refractivity contribution in [1.29, 1.82) is 0 Å². The van der Waals surface area contributed by atoms with Crippen molar-refractivity contribution in [3.05, 3.63) is 63.7 Å². The van der Waals surface area contributed by atoms with Crippen molar-refractivity contribution < 1.29 is 9.66 Å². The number of benzene rings is 2. The third-order valence-corrected chi connectivity index (χ3v) is 3.36. The van der Waals surface area contributed by atoms with Crippen molar-refractivity contribution in [3.63, 3.8) is 0 Å². The highest BCUT2D eigenvalue weighted by Crippen LogP contribution is 2.36. The molecule has 0 heterocycles. The van der Waals surface area contributed by atoms with Crippen molar-refractivity contribution >= 4 is 5.69 Å². The summed E-state index contributed by atoms with van der Waals surface area (Å²) in [5.74, 6) is 0.788. The van der Waals surface area contributed by atoms with Crippen LogP contribution in [0.2, 0.25) is 0 Å². The molecule has 5 nitrogen and oxygen atoms in total. The van der Waals surface area contributed by atoms with Crippen LogP contribution in [0.5, 0.6) is 11.5 Å². The molecule has 0 saturated carbocycles. The molecule has 0 amide bonds. The second kappa shape index (κ2) is 6.37. The SMILES string of the molecule is CCC(N)c1ccccc1Oc1cccc(C)c1[N+](=O)[O-]. The molecule has 5 heteroatoms. The topological polar surface area (TPSA) is 78.4 Å². The molecular weight excluding hydrogens is 268 g/mol. The third kappa shape index (κ3) is 3.20. The predicted octanol–water partition coefficient (Wildman–Crippen LogP) is 4.11. The molecule has 2 rings (SSSR count). The lowest BCUT2D eigenvalue weighted by Gasteiger charge is -2.15. The van der Waals surface area contributed by atoms with Crippen LogP contribution in [0.1, 0.15) is 30.5 Å². The van der Waals surface area contributed by atoms with Gasteiger partial charge >= 0.3 is 5.69 Å². The molecule has 1 atom stereocenters. The van der Waals surface area contributed by atoms with Gasteiger partial charge in [0.2, 0.25) is 5.75 Å². The minimum Gasteiger partial charge on any atom is -0.450 e. The molecular formula is C16H18N2O3. The summed E-state index contributed by atoms with van der Waals surface area (Å²) in [6.45, 7) is 3.67. The average molecular weight is 286 g/mol. The fraction of sp³-hybridized carbons (Fsp3) is 0.250. The number of hydrogen-bond acceptors (Lipinski definition) is 4. The van der Waals surface area contributed by atoms with Crippen LogP contribution in [0.15, 0.2) is 42.5 Å². The molecule has 0 fully saturated rings. The van der Waals surface area contributed by atoms with E-state index in [1.165, 1.54) is 0 Å². The molecule has 0 aliphatic carbocycles. The van der Waals surface area contributed by atoms with Crippen LogP contribution in [0.25, 0.3) is 0 Å². The first-order valence-corrected chi connectivity index (χ1v) is 6.81. The molecule has 0 spiro atoms. The number of para-hydroxylation sites is 2. The van der Waals surface area contributed by atoms with Gasteiger partial charge in [0.1, 0.15) is 5.75 Å². The smallest absolute Gasteiger partial charge is 0.314 e. The zero-order valence-corrected chi connectivity index (χ0v) is 12.1. The first-order valence-electron chi connectivity index (χ1n) is 6.81. The molecule has 2 N–H and O–H groups in total. The normalized spacial score (nSPS) is 12.0. The van der Waals surface area contributed by atoms with E-state index in [0.717, 1.165) is 12.0 Å². The minimum absolute atomic E-state index is 0.0163. The summed E-state index contributed by atoms with van der Waals surface area (Å²) in [6, 6.07) is 12.2. The maximum absolute atomic E-state index is 11.2. The lowest BCUT2D eigenvalue weighted by molar-refractivity contribution is -0.386. The van der Waals surface area contributed by atoms with Gasteiger partial charge in [0.05, 0.1) is 4.92 Å². The summed E-state index contributed by atoms with van der Waals surface area (Å²) < 4.78 is 5.78. The molecule has 1 unspecified atom stereocenters. The van der Waals surface area contributed by atoms with Gasteiger partial charge < -0.3 is 10.5 Å². The summed E-state index contributed by atoms with van der Waals surface area (Å²) >= 11 is 0. The second-order valence-corrected chi connectivity index (χ2v) is 4.83. The van der Waals surface area contributed by atoms with E-state index in [0.29, 0.717) is 11.3 Å². The van der Waals surface area contributed by atoms with E-state index in [-0.39, 0.29) is 17.5 Å². The number of hydrogen-bond donors (Lipinski definition) is 1. The summed E-state index contributed by atoms with van der Waals surface area (Å²) in [5.41, 5.74) is 7.45. The molecule has 2 aromatic rings. The van der Waals surface area contributed by atoms with Gasteiger partial charge in [-0.3, -0.25) is 10.1 Å². The van der Waals surface area contributed by atoms with Crippen molar-refractivity contribution in [2.75, 3.05) is 0 Å². The van der Waals surface area contributed by atoms with Crippen LogP contribution >= 0.6 is 0 Å². The van der Waals surface area contributed by atoms with E-state index < -0.39 is 4.92 Å². The number of nitrogens with zero attached hydrogens (tertiary/aromatic N) is 1. The predicted molar refractivity (Wildman–Crippen MR) is 81.6 cm³/mol. The number of nitro groups is 1. The number of aryl methyl sites for hydroxylation is 1. The molecule has 0 aliphatic heterocycles. The van der Waals surface area contributed by atoms with E-state index in [1.54, 1.807) is 31.2 Å². The Balaban J connectivity index is 2.44. The lowest BCUT2D eigenvalue weighted by atomic mass is 10.0. The van der Waals surface area contributed by atoms with E-state index in [9.17, 15) is 10.1 Å². The van der Waals surface area contributed by atoms with Gasteiger partial charge in [0.15, 0.2) is 0 Å². The Bertz CT molecular complexity index is 656. The number of ether oxygens (including phenoxy) is 1. The van der Waals surface area contributed by atoms with Crippen LogP contribution in [0.4, 0.5) is 5.69 Å². The van der Waals surface area contributed by atoms with Gasteiger partial charge in [-0.05, 0) is 25.5 Å². The largest absolute Gasteiger partial charge is 0.450 e. The van der Waals surface area contributed by atoms with Gasteiger partial charge in [-0.15, -0.1) is 0 Å². The molecule has 0 aliphatic rings. The zero-order chi connectivity index (χ0) is 15.4. The molecule has 0 bridgehead atoms. The van der Waals surface area contributed by atoms with E-state index >= 15 is 0 Å². The third-order valence-electron chi connectivity index (χ3n) is 3.36. The zero-order valence-electron chi connectivity index (χ0n) is 12.1. The summed E-state index contributed by atoms with van der Waals surface area (Å²) in [4.78, 5) is 10.8. The highest BCUT2D eigenvalue weighted by atomic mass is 16.6. The van der Waals surface area contributed by atoms with Crippen LogP contribution in [0, 0.1) is 17.0 Å². The lowest BCUT2D eigenvalue weighted by Crippen LogP contribution is -2.10. The van der Waals surface area contributed by atoms with Gasteiger partial charge in [0, 0.05) is 17.2 Å². The summed E-state index contributed by atoms with van der Waals surface area (Å²) in [5, 5.41) is 11.2. The van der Waals surface area contributed by atoms with Gasteiger partial charge in [-0.25, -0.2) is 0 Å². The maximum atomic E-state index is 11.2.